The Balaban J connectivity index is 1.48. The summed E-state index contributed by atoms with van der Waals surface area (Å²) in [6.07, 6.45) is -3.68. The number of benzene rings is 3. The summed E-state index contributed by atoms with van der Waals surface area (Å²) in [6, 6.07) is 15.1. The van der Waals surface area contributed by atoms with Crippen LogP contribution in [0.4, 0.5) is 24.5 Å². The SMILES string of the molecule is CC(=O)c1cc2c(cc1Br)C(=O)N(c1ccc(OC(F)(F)F)cc1)C1(CCN(Cc3ccc(C)c(C)c3)CC1)N2. The highest BCUT2D eigenvalue weighted by molar-refractivity contribution is 9.10. The van der Waals surface area contributed by atoms with E-state index in [1.165, 1.54) is 47.9 Å². The van der Waals surface area contributed by atoms with Gasteiger partial charge in [0.15, 0.2) is 5.78 Å². The van der Waals surface area contributed by atoms with Crippen LogP contribution in [0.1, 0.15) is 57.2 Å². The summed E-state index contributed by atoms with van der Waals surface area (Å²) >= 11 is 3.40. The number of amides is 1. The molecule has 1 spiro atoms. The molecule has 210 valence electrons. The van der Waals surface area contributed by atoms with Crippen LogP contribution in [0, 0.1) is 13.8 Å². The smallest absolute Gasteiger partial charge is 0.406 e. The molecule has 2 aliphatic rings. The Kier molecular flexibility index (Phi) is 7.43. The molecule has 0 aliphatic carbocycles. The monoisotopic (exact) mass is 615 g/mol. The first-order chi connectivity index (χ1) is 18.8. The average Bonchev–Trinajstić information content (AvgIpc) is 2.88. The minimum Gasteiger partial charge on any atom is -0.406 e. The number of halogens is 4. The largest absolute Gasteiger partial charge is 0.573 e. The van der Waals surface area contributed by atoms with E-state index in [2.05, 4.69) is 62.9 Å². The summed E-state index contributed by atoms with van der Waals surface area (Å²) < 4.78 is 42.8. The van der Waals surface area contributed by atoms with E-state index in [4.69, 9.17) is 0 Å². The average molecular weight is 616 g/mol. The number of anilines is 2. The lowest BCUT2D eigenvalue weighted by Crippen LogP contribution is -2.64. The Hall–Kier alpha value is -3.37. The molecule has 0 saturated carbocycles. The highest BCUT2D eigenvalue weighted by atomic mass is 79.9. The molecule has 0 atom stereocenters. The molecule has 1 amide bonds. The lowest BCUT2D eigenvalue weighted by molar-refractivity contribution is -0.274. The topological polar surface area (TPSA) is 61.9 Å². The van der Waals surface area contributed by atoms with Gasteiger partial charge in [-0.25, -0.2) is 0 Å². The van der Waals surface area contributed by atoms with E-state index in [9.17, 15) is 22.8 Å². The molecule has 2 aliphatic heterocycles. The normalized spacial score (nSPS) is 17.0. The first kappa shape index (κ1) is 28.2. The van der Waals surface area contributed by atoms with Crippen LogP contribution in [0.5, 0.6) is 5.75 Å². The van der Waals surface area contributed by atoms with Crippen molar-refractivity contribution in [1.29, 1.82) is 0 Å². The number of alkyl halides is 3. The predicted molar refractivity (Wildman–Crippen MR) is 151 cm³/mol. The number of nitrogens with zero attached hydrogens (tertiary/aromatic N) is 2. The molecular formula is C30H29BrF3N3O3. The molecule has 10 heteroatoms. The zero-order valence-corrected chi connectivity index (χ0v) is 23.9. The second kappa shape index (κ2) is 10.6. The Labute approximate surface area is 239 Å². The van der Waals surface area contributed by atoms with Gasteiger partial charge in [0.25, 0.3) is 5.91 Å². The fraction of sp³-hybridized carbons (Fsp3) is 0.333. The number of ketones is 1. The molecule has 1 N–H and O–H groups in total. The molecule has 2 heterocycles. The minimum atomic E-state index is -4.81. The second-order valence-corrected chi connectivity index (χ2v) is 11.3. The van der Waals surface area contributed by atoms with Gasteiger partial charge in [-0.05, 0) is 73.9 Å². The molecule has 5 rings (SSSR count). The quantitative estimate of drug-likeness (QED) is 0.307. The van der Waals surface area contributed by atoms with Crippen molar-refractivity contribution in [3.63, 3.8) is 0 Å². The number of aryl methyl sites for hydroxylation is 2. The number of piperidine rings is 1. The third kappa shape index (κ3) is 5.60. The van der Waals surface area contributed by atoms with Crippen molar-refractivity contribution < 1.29 is 27.5 Å². The van der Waals surface area contributed by atoms with Gasteiger partial charge in [0, 0.05) is 53.9 Å². The summed E-state index contributed by atoms with van der Waals surface area (Å²) in [5, 5.41) is 3.56. The molecule has 3 aromatic carbocycles. The number of likely N-dealkylation sites (tertiary alicyclic amines) is 1. The Morgan fingerprint density at radius 1 is 1.02 bits per heavy atom. The Morgan fingerprint density at radius 3 is 2.30 bits per heavy atom. The maximum absolute atomic E-state index is 14.0. The zero-order valence-electron chi connectivity index (χ0n) is 22.4. The number of hydrogen-bond acceptors (Lipinski definition) is 5. The predicted octanol–water partition coefficient (Wildman–Crippen LogP) is 7.23. The van der Waals surface area contributed by atoms with E-state index in [1.54, 1.807) is 17.0 Å². The summed E-state index contributed by atoms with van der Waals surface area (Å²) in [5.41, 5.74) is 4.70. The van der Waals surface area contributed by atoms with Crippen molar-refractivity contribution in [2.45, 2.75) is 52.2 Å². The minimum absolute atomic E-state index is 0.135. The molecule has 6 nitrogen and oxygen atoms in total. The van der Waals surface area contributed by atoms with Crippen LogP contribution >= 0.6 is 15.9 Å². The Morgan fingerprint density at radius 2 is 1.70 bits per heavy atom. The number of nitrogens with one attached hydrogen (secondary N) is 1. The van der Waals surface area contributed by atoms with Crippen LogP contribution in [0.3, 0.4) is 0 Å². The highest BCUT2D eigenvalue weighted by Gasteiger charge is 2.47. The molecule has 0 radical (unpaired) electrons. The van der Waals surface area contributed by atoms with Gasteiger partial charge >= 0.3 is 6.36 Å². The van der Waals surface area contributed by atoms with Crippen LogP contribution in [0.25, 0.3) is 0 Å². The lowest BCUT2D eigenvalue weighted by atomic mass is 9.88. The zero-order chi connectivity index (χ0) is 28.8. The molecule has 0 aromatic heterocycles. The van der Waals surface area contributed by atoms with E-state index in [-0.39, 0.29) is 17.4 Å². The van der Waals surface area contributed by atoms with E-state index >= 15 is 0 Å². The third-order valence-electron chi connectivity index (χ3n) is 7.70. The van der Waals surface area contributed by atoms with Crippen LogP contribution in [-0.2, 0) is 6.54 Å². The second-order valence-electron chi connectivity index (χ2n) is 10.5. The third-order valence-corrected chi connectivity index (χ3v) is 8.36. The molecule has 0 unspecified atom stereocenters. The fourth-order valence-electron chi connectivity index (χ4n) is 5.50. The van der Waals surface area contributed by atoms with E-state index in [1.807, 2.05) is 0 Å². The van der Waals surface area contributed by atoms with Gasteiger partial charge in [-0.3, -0.25) is 19.4 Å². The maximum atomic E-state index is 14.0. The number of rotatable bonds is 5. The number of fused-ring (bicyclic) bond motifs is 1. The van der Waals surface area contributed by atoms with Gasteiger partial charge < -0.3 is 10.1 Å². The lowest BCUT2D eigenvalue weighted by Gasteiger charge is -2.52. The van der Waals surface area contributed by atoms with Crippen molar-refractivity contribution in [1.82, 2.24) is 4.90 Å². The number of ether oxygens (including phenoxy) is 1. The summed E-state index contributed by atoms with van der Waals surface area (Å²) in [4.78, 5) is 30.2. The van der Waals surface area contributed by atoms with Crippen molar-refractivity contribution in [3.8, 4) is 5.75 Å². The molecule has 0 bridgehead atoms. The molecular weight excluding hydrogens is 587 g/mol. The van der Waals surface area contributed by atoms with Crippen LogP contribution in [0.2, 0.25) is 0 Å². The molecule has 1 saturated heterocycles. The van der Waals surface area contributed by atoms with Crippen LogP contribution in [0.15, 0.2) is 59.1 Å². The number of hydrogen-bond donors (Lipinski definition) is 1. The molecule has 1 fully saturated rings. The van der Waals surface area contributed by atoms with Crippen molar-refractivity contribution in [2.75, 3.05) is 23.3 Å². The van der Waals surface area contributed by atoms with Gasteiger partial charge in [-0.15, -0.1) is 13.2 Å². The fourth-order valence-corrected chi connectivity index (χ4v) is 6.12. The summed E-state index contributed by atoms with van der Waals surface area (Å²) in [5.74, 6) is -0.791. The number of Topliss-reactive ketones (excluding diaryl/α,β-unsaturated/α-hetero) is 1. The summed E-state index contributed by atoms with van der Waals surface area (Å²) in [6.45, 7) is 7.78. The van der Waals surface area contributed by atoms with E-state index in [0.717, 1.165) is 6.54 Å². The summed E-state index contributed by atoms with van der Waals surface area (Å²) in [7, 11) is 0. The highest BCUT2D eigenvalue weighted by Crippen LogP contribution is 2.43. The van der Waals surface area contributed by atoms with Crippen molar-refractivity contribution >= 4 is 39.0 Å². The first-order valence-electron chi connectivity index (χ1n) is 13.0. The molecule has 40 heavy (non-hydrogen) atoms. The standard InChI is InChI=1S/C30H29BrF3N3O3/c1-18-4-5-21(14-19(18)2)17-36-12-10-29(11-13-36)35-27-16-24(20(3)38)26(31)15-25(27)28(39)37(29)22-6-8-23(9-7-22)40-30(32,33)34/h4-9,14-16,35H,10-13,17H2,1-3H3. The van der Waals surface area contributed by atoms with Gasteiger partial charge in [0.05, 0.1) is 5.56 Å². The first-order valence-corrected chi connectivity index (χ1v) is 13.8. The van der Waals surface area contributed by atoms with Crippen LogP contribution < -0.4 is 15.0 Å². The van der Waals surface area contributed by atoms with Gasteiger partial charge in [-0.2, -0.15) is 0 Å². The van der Waals surface area contributed by atoms with Crippen molar-refractivity contribution in [3.05, 3.63) is 86.9 Å². The molecule has 3 aromatic rings. The Bertz CT molecular complexity index is 1470. The van der Waals surface area contributed by atoms with Crippen LogP contribution in [-0.4, -0.2) is 41.7 Å². The number of carbonyl (C=O) groups excluding carboxylic acids is 2. The maximum Gasteiger partial charge on any atom is 0.573 e. The van der Waals surface area contributed by atoms with Crippen molar-refractivity contribution in [2.24, 2.45) is 0 Å². The van der Waals surface area contributed by atoms with Gasteiger partial charge in [0.1, 0.15) is 11.4 Å². The van der Waals surface area contributed by atoms with Gasteiger partial charge in [-0.1, -0.05) is 34.1 Å². The van der Waals surface area contributed by atoms with E-state index in [0.29, 0.717) is 52.9 Å². The number of carbonyl (C=O) groups is 2. The van der Waals surface area contributed by atoms with Gasteiger partial charge in [0.2, 0.25) is 0 Å². The van der Waals surface area contributed by atoms with E-state index < -0.39 is 12.0 Å².